The predicted molar refractivity (Wildman–Crippen MR) is 55.0 cm³/mol. The molecule has 2 aromatic heterocycles. The second-order valence-corrected chi connectivity index (χ2v) is 3.21. The van der Waals surface area contributed by atoms with E-state index in [4.69, 9.17) is 5.73 Å². The van der Waals surface area contributed by atoms with Gasteiger partial charge in [-0.2, -0.15) is 5.10 Å². The number of nitrogens with zero attached hydrogens (tertiary/aromatic N) is 4. The molecule has 0 aromatic carbocycles. The number of aryl methyl sites for hydroxylation is 2. The van der Waals surface area contributed by atoms with E-state index in [0.29, 0.717) is 22.9 Å². The van der Waals surface area contributed by atoms with Gasteiger partial charge in [0, 0.05) is 13.2 Å². The molecule has 2 heterocycles. The lowest BCUT2D eigenvalue weighted by atomic mass is 10.2. The minimum Gasteiger partial charge on any atom is -0.493 e. The first-order valence-electron chi connectivity index (χ1n) is 4.41. The molecule has 0 saturated heterocycles. The summed E-state index contributed by atoms with van der Waals surface area (Å²) in [6.45, 7) is 1.78. The van der Waals surface area contributed by atoms with Crippen molar-refractivity contribution < 1.29 is 5.11 Å². The highest BCUT2D eigenvalue weighted by Gasteiger charge is 2.16. The van der Waals surface area contributed by atoms with Gasteiger partial charge in [0.15, 0.2) is 5.82 Å². The Morgan fingerprint density at radius 3 is 2.73 bits per heavy atom. The summed E-state index contributed by atoms with van der Waals surface area (Å²) in [5.41, 5.74) is 6.73. The van der Waals surface area contributed by atoms with Crippen LogP contribution >= 0.6 is 0 Å². The number of hydrogen-bond donors (Lipinski definition) is 2. The van der Waals surface area contributed by atoms with Crippen molar-refractivity contribution in [3.8, 4) is 17.3 Å². The van der Waals surface area contributed by atoms with Crippen LogP contribution < -0.4 is 5.73 Å². The van der Waals surface area contributed by atoms with Gasteiger partial charge < -0.3 is 10.8 Å². The number of anilines is 1. The van der Waals surface area contributed by atoms with Crippen molar-refractivity contribution in [1.82, 2.24) is 19.7 Å². The molecule has 6 nitrogen and oxygen atoms in total. The highest BCUT2D eigenvalue weighted by Crippen LogP contribution is 2.28. The summed E-state index contributed by atoms with van der Waals surface area (Å²) in [5.74, 6) is 0.791. The van der Waals surface area contributed by atoms with Gasteiger partial charge in [0.2, 0.25) is 5.88 Å². The third-order valence-corrected chi connectivity index (χ3v) is 2.09. The summed E-state index contributed by atoms with van der Waals surface area (Å²) < 4.78 is 1.37. The minimum absolute atomic E-state index is 0.0399. The summed E-state index contributed by atoms with van der Waals surface area (Å²) in [4.78, 5) is 8.07. The molecule has 0 atom stereocenters. The Hall–Kier alpha value is -2.11. The van der Waals surface area contributed by atoms with E-state index in [-0.39, 0.29) is 5.88 Å². The molecule has 2 aromatic rings. The maximum absolute atomic E-state index is 9.74. The average Bonchev–Trinajstić information content (AvgIpc) is 2.41. The van der Waals surface area contributed by atoms with E-state index in [1.54, 1.807) is 26.2 Å². The van der Waals surface area contributed by atoms with Crippen LogP contribution in [0.1, 0.15) is 5.69 Å². The number of hydrogen-bond acceptors (Lipinski definition) is 5. The molecule has 0 aliphatic carbocycles. The molecular formula is C9H11N5O. The van der Waals surface area contributed by atoms with Gasteiger partial charge in [-0.25, -0.2) is 14.6 Å². The van der Waals surface area contributed by atoms with Crippen LogP contribution in [0.25, 0.3) is 11.4 Å². The molecule has 0 spiro atoms. The Labute approximate surface area is 86.4 Å². The van der Waals surface area contributed by atoms with Gasteiger partial charge in [-0.3, -0.25) is 0 Å². The molecule has 0 aliphatic heterocycles. The number of rotatable bonds is 1. The largest absolute Gasteiger partial charge is 0.493 e. The van der Waals surface area contributed by atoms with E-state index in [1.807, 2.05) is 0 Å². The van der Waals surface area contributed by atoms with E-state index < -0.39 is 0 Å². The zero-order valence-electron chi connectivity index (χ0n) is 8.47. The minimum atomic E-state index is 0.0399. The second-order valence-electron chi connectivity index (χ2n) is 3.21. The third kappa shape index (κ3) is 1.50. The second kappa shape index (κ2) is 3.23. The van der Waals surface area contributed by atoms with Crippen molar-refractivity contribution in [3.05, 3.63) is 18.0 Å². The molecule has 0 saturated carbocycles. The van der Waals surface area contributed by atoms with Crippen LogP contribution in [0, 0.1) is 6.92 Å². The molecule has 15 heavy (non-hydrogen) atoms. The quantitative estimate of drug-likeness (QED) is 0.706. The maximum Gasteiger partial charge on any atom is 0.220 e. The maximum atomic E-state index is 9.74. The fraction of sp³-hybridized carbons (Fsp3) is 0.222. The Kier molecular flexibility index (Phi) is 2.03. The first kappa shape index (κ1) is 9.45. The summed E-state index contributed by atoms with van der Waals surface area (Å²) >= 11 is 0. The van der Waals surface area contributed by atoms with E-state index in [0.717, 1.165) is 0 Å². The van der Waals surface area contributed by atoms with Crippen LogP contribution in [-0.4, -0.2) is 24.9 Å². The Morgan fingerprint density at radius 1 is 1.47 bits per heavy atom. The molecule has 6 heteroatoms. The number of aromatic hydroxyl groups is 1. The van der Waals surface area contributed by atoms with Gasteiger partial charge in [-0.1, -0.05) is 0 Å². The van der Waals surface area contributed by atoms with E-state index in [1.165, 1.54) is 4.68 Å². The molecule has 0 bridgehead atoms. The summed E-state index contributed by atoms with van der Waals surface area (Å²) in [5, 5.41) is 13.8. The molecule has 2 rings (SSSR count). The number of nitrogen functional groups attached to an aromatic ring is 1. The summed E-state index contributed by atoms with van der Waals surface area (Å²) in [7, 11) is 1.65. The molecule has 78 valence electrons. The first-order valence-corrected chi connectivity index (χ1v) is 4.41. The van der Waals surface area contributed by atoms with Gasteiger partial charge in [-0.05, 0) is 13.0 Å². The van der Waals surface area contributed by atoms with E-state index in [2.05, 4.69) is 15.1 Å². The highest BCUT2D eigenvalue weighted by atomic mass is 16.3. The van der Waals surface area contributed by atoms with Crippen molar-refractivity contribution in [2.24, 2.45) is 7.05 Å². The monoisotopic (exact) mass is 205 g/mol. The van der Waals surface area contributed by atoms with Crippen molar-refractivity contribution >= 4 is 5.82 Å². The van der Waals surface area contributed by atoms with Crippen molar-refractivity contribution in [3.63, 3.8) is 0 Å². The lowest BCUT2D eigenvalue weighted by Gasteiger charge is -1.99. The van der Waals surface area contributed by atoms with E-state index >= 15 is 0 Å². The van der Waals surface area contributed by atoms with Crippen molar-refractivity contribution in [2.45, 2.75) is 6.92 Å². The van der Waals surface area contributed by atoms with Crippen LogP contribution in [0.5, 0.6) is 5.88 Å². The zero-order chi connectivity index (χ0) is 11.0. The molecule has 0 amide bonds. The average molecular weight is 205 g/mol. The van der Waals surface area contributed by atoms with Gasteiger partial charge in [0.25, 0.3) is 0 Å². The molecule has 0 aliphatic rings. The van der Waals surface area contributed by atoms with Crippen molar-refractivity contribution in [2.75, 3.05) is 5.73 Å². The van der Waals surface area contributed by atoms with Gasteiger partial charge in [0.1, 0.15) is 11.4 Å². The van der Waals surface area contributed by atoms with Crippen LogP contribution in [0.3, 0.4) is 0 Å². The summed E-state index contributed by atoms with van der Waals surface area (Å²) in [6.07, 6.45) is 1.55. The fourth-order valence-corrected chi connectivity index (χ4v) is 1.40. The molecule has 0 unspecified atom stereocenters. The van der Waals surface area contributed by atoms with Gasteiger partial charge in [-0.15, -0.1) is 0 Å². The Balaban J connectivity index is 2.63. The zero-order valence-corrected chi connectivity index (χ0v) is 8.47. The predicted octanol–water partition coefficient (Wildman–Crippen LogP) is 0.473. The molecule has 0 fully saturated rings. The van der Waals surface area contributed by atoms with Crippen LogP contribution in [0.4, 0.5) is 5.82 Å². The number of nitrogens with two attached hydrogens (primary N) is 1. The molecular weight excluding hydrogens is 194 g/mol. The van der Waals surface area contributed by atoms with E-state index in [9.17, 15) is 5.11 Å². The smallest absolute Gasteiger partial charge is 0.220 e. The van der Waals surface area contributed by atoms with Crippen LogP contribution in [-0.2, 0) is 7.05 Å². The highest BCUT2D eigenvalue weighted by molar-refractivity contribution is 5.65. The molecule has 3 N–H and O–H groups in total. The SMILES string of the molecule is Cc1nn(C)c(O)c1-c1nccc(N)n1. The standard InChI is InChI=1S/C9H11N5O/c1-5-7(9(15)14(2)13-5)8-11-4-3-6(10)12-8/h3-4,15H,1-2H3,(H2,10,11,12). The van der Waals surface area contributed by atoms with Crippen molar-refractivity contribution in [1.29, 1.82) is 0 Å². The lowest BCUT2D eigenvalue weighted by Crippen LogP contribution is -1.95. The summed E-state index contributed by atoms with van der Waals surface area (Å²) in [6, 6.07) is 1.59. The Bertz CT molecular complexity index is 505. The Morgan fingerprint density at radius 2 is 2.20 bits per heavy atom. The first-order chi connectivity index (χ1) is 7.09. The number of aromatic nitrogens is 4. The fourth-order valence-electron chi connectivity index (χ4n) is 1.40. The normalized spacial score (nSPS) is 10.5. The topological polar surface area (TPSA) is 89.8 Å². The third-order valence-electron chi connectivity index (χ3n) is 2.09. The lowest BCUT2D eigenvalue weighted by molar-refractivity contribution is 0.420. The van der Waals surface area contributed by atoms with Gasteiger partial charge in [0.05, 0.1) is 5.69 Å². The molecule has 0 radical (unpaired) electrons. The van der Waals surface area contributed by atoms with Crippen LogP contribution in [0.2, 0.25) is 0 Å². The van der Waals surface area contributed by atoms with Gasteiger partial charge >= 0.3 is 0 Å². The van der Waals surface area contributed by atoms with Crippen LogP contribution in [0.15, 0.2) is 12.3 Å².